The van der Waals surface area contributed by atoms with Crippen molar-refractivity contribution in [2.75, 3.05) is 0 Å². The van der Waals surface area contributed by atoms with Crippen LogP contribution in [0.2, 0.25) is 0 Å². The normalized spacial score (nSPS) is 8.38. The molecule has 0 saturated heterocycles. The smallest absolute Gasteiger partial charge is 0.211 e. The van der Waals surface area contributed by atoms with E-state index in [9.17, 15) is 19.2 Å². The van der Waals surface area contributed by atoms with Gasteiger partial charge in [-0.2, -0.15) is 20.0 Å². The summed E-state index contributed by atoms with van der Waals surface area (Å²) in [5.74, 6) is 0. The van der Waals surface area contributed by atoms with E-state index in [4.69, 9.17) is 0 Å². The van der Waals surface area contributed by atoms with E-state index in [1.54, 1.807) is 38.1 Å². The van der Waals surface area contributed by atoms with Gasteiger partial charge in [-0.25, -0.2) is 19.2 Å². The highest BCUT2D eigenvalue weighted by Gasteiger charge is 1.98. The van der Waals surface area contributed by atoms with Gasteiger partial charge in [0.1, 0.15) is 0 Å². The Hall–Kier alpha value is -4.04. The fraction of sp³-hybridized carbons (Fsp3) is 0.111. The minimum absolute atomic E-state index is 0.426. The molecule has 0 bridgehead atoms. The molecule has 26 heavy (non-hydrogen) atoms. The molecular weight excluding hydrogens is 336 g/mol. The van der Waals surface area contributed by atoms with E-state index in [2.05, 4.69) is 20.0 Å². The Kier molecular flexibility index (Phi) is 8.22. The molecule has 0 saturated carbocycles. The van der Waals surface area contributed by atoms with Crippen molar-refractivity contribution >= 4 is 47.1 Å². The predicted molar refractivity (Wildman–Crippen MR) is 93.5 cm³/mol. The summed E-state index contributed by atoms with van der Waals surface area (Å²) in [6.45, 7) is 3.59. The highest BCUT2D eigenvalue weighted by atomic mass is 16.1. The third-order valence-electron chi connectivity index (χ3n) is 3.07. The summed E-state index contributed by atoms with van der Waals surface area (Å²) >= 11 is 0. The van der Waals surface area contributed by atoms with E-state index >= 15 is 0 Å². The van der Waals surface area contributed by atoms with Crippen LogP contribution >= 0.6 is 0 Å². The molecule has 0 aromatic heterocycles. The second-order valence-electron chi connectivity index (χ2n) is 4.75. The maximum absolute atomic E-state index is 10.00. The molecule has 128 valence electrons. The summed E-state index contributed by atoms with van der Waals surface area (Å²) in [5, 5.41) is 0. The molecule has 2 aromatic rings. The lowest BCUT2D eigenvalue weighted by Gasteiger charge is -1.97. The zero-order valence-corrected chi connectivity index (χ0v) is 13.9. The van der Waals surface area contributed by atoms with Gasteiger partial charge in [-0.1, -0.05) is 12.1 Å². The van der Waals surface area contributed by atoms with Gasteiger partial charge in [0.15, 0.2) is 0 Å². The maximum atomic E-state index is 10.00. The topological polar surface area (TPSA) is 118 Å². The molecule has 0 amide bonds. The largest absolute Gasteiger partial charge is 0.240 e. The fourth-order valence-corrected chi connectivity index (χ4v) is 1.78. The van der Waals surface area contributed by atoms with Crippen LogP contribution in [0.4, 0.5) is 22.7 Å². The van der Waals surface area contributed by atoms with Crippen LogP contribution in [0.25, 0.3) is 0 Å². The van der Waals surface area contributed by atoms with Crippen molar-refractivity contribution in [3.05, 3.63) is 47.5 Å². The number of hydrogen-bond donors (Lipinski definition) is 0. The van der Waals surface area contributed by atoms with Gasteiger partial charge in [0.05, 0.1) is 22.7 Å². The van der Waals surface area contributed by atoms with Crippen LogP contribution < -0.4 is 0 Å². The van der Waals surface area contributed by atoms with Gasteiger partial charge >= 0.3 is 0 Å². The molecule has 8 heteroatoms. The summed E-state index contributed by atoms with van der Waals surface area (Å²) < 4.78 is 0. The monoisotopic (exact) mass is 348 g/mol. The number of aryl methyl sites for hydroxylation is 2. The molecule has 8 nitrogen and oxygen atoms in total. The third kappa shape index (κ3) is 6.22. The van der Waals surface area contributed by atoms with Crippen LogP contribution in [0.15, 0.2) is 56.4 Å². The Bertz CT molecular complexity index is 909. The second-order valence-corrected chi connectivity index (χ2v) is 4.75. The van der Waals surface area contributed by atoms with Crippen molar-refractivity contribution in [3.63, 3.8) is 0 Å². The summed E-state index contributed by atoms with van der Waals surface area (Å²) in [7, 11) is 0. The molecule has 2 rings (SSSR count). The van der Waals surface area contributed by atoms with Crippen molar-refractivity contribution in [2.45, 2.75) is 13.8 Å². The molecule has 2 aromatic carbocycles. The average molecular weight is 348 g/mol. The number of benzene rings is 2. The fourth-order valence-electron chi connectivity index (χ4n) is 1.78. The number of rotatable bonds is 4. The highest BCUT2D eigenvalue weighted by molar-refractivity contribution is 5.62. The van der Waals surface area contributed by atoms with Crippen molar-refractivity contribution in [1.29, 1.82) is 0 Å². The van der Waals surface area contributed by atoms with Crippen molar-refractivity contribution in [2.24, 2.45) is 20.0 Å². The quantitative estimate of drug-likeness (QED) is 0.615. The molecule has 0 radical (unpaired) electrons. The Balaban J connectivity index is 0.000000260. The van der Waals surface area contributed by atoms with Crippen molar-refractivity contribution in [3.8, 4) is 0 Å². The van der Waals surface area contributed by atoms with Gasteiger partial charge in [0.25, 0.3) is 0 Å². The van der Waals surface area contributed by atoms with E-state index in [1.807, 2.05) is 0 Å². The Labute approximate surface area is 148 Å². The summed E-state index contributed by atoms with van der Waals surface area (Å²) in [6.07, 6.45) is 5.67. The van der Waals surface area contributed by atoms with E-state index in [0.717, 1.165) is 11.1 Å². The molecule has 0 aliphatic carbocycles. The number of hydrogen-bond acceptors (Lipinski definition) is 8. The maximum Gasteiger partial charge on any atom is 0.240 e. The molecule has 0 spiro atoms. The summed E-state index contributed by atoms with van der Waals surface area (Å²) in [5.41, 5.74) is 3.43. The average Bonchev–Trinajstić information content (AvgIpc) is 2.62. The lowest BCUT2D eigenvalue weighted by Crippen LogP contribution is -1.73. The zero-order chi connectivity index (χ0) is 19.4. The van der Waals surface area contributed by atoms with Gasteiger partial charge in [-0.3, -0.25) is 0 Å². The first-order valence-electron chi connectivity index (χ1n) is 7.08. The van der Waals surface area contributed by atoms with Gasteiger partial charge in [0.2, 0.25) is 24.3 Å². The lowest BCUT2D eigenvalue weighted by atomic mass is 10.2. The molecule has 0 fully saturated rings. The third-order valence-corrected chi connectivity index (χ3v) is 3.07. The number of nitrogens with zero attached hydrogens (tertiary/aromatic N) is 4. The Morgan fingerprint density at radius 1 is 0.577 bits per heavy atom. The van der Waals surface area contributed by atoms with Crippen LogP contribution in [-0.2, 0) is 19.2 Å². The number of carbonyl (C=O) groups excluding carboxylic acids is 4. The Morgan fingerprint density at radius 3 is 1.23 bits per heavy atom. The zero-order valence-electron chi connectivity index (χ0n) is 13.9. The molecular formula is C18H12N4O4. The van der Waals surface area contributed by atoms with E-state index in [-0.39, 0.29) is 0 Å². The van der Waals surface area contributed by atoms with Gasteiger partial charge < -0.3 is 0 Å². The number of aliphatic imine (C=N–C) groups is 4. The van der Waals surface area contributed by atoms with Crippen molar-refractivity contribution < 1.29 is 19.2 Å². The summed E-state index contributed by atoms with van der Waals surface area (Å²) in [4.78, 5) is 53.5. The minimum Gasteiger partial charge on any atom is -0.211 e. The van der Waals surface area contributed by atoms with Crippen molar-refractivity contribution in [1.82, 2.24) is 0 Å². The van der Waals surface area contributed by atoms with Crippen LogP contribution in [0, 0.1) is 13.8 Å². The molecule has 0 aliphatic rings. The van der Waals surface area contributed by atoms with Crippen LogP contribution in [-0.4, -0.2) is 24.3 Å². The minimum atomic E-state index is 0.426. The van der Waals surface area contributed by atoms with Crippen LogP contribution in [0.5, 0.6) is 0 Å². The SMILES string of the molecule is Cc1ccc(N=C=O)cc1N=C=O.Cc1ccc(N=C=O)cc1N=C=O. The lowest BCUT2D eigenvalue weighted by molar-refractivity contribution is 0.564. The molecule has 0 unspecified atom stereocenters. The molecule has 0 N–H and O–H groups in total. The summed E-state index contributed by atoms with van der Waals surface area (Å²) in [6, 6.07) is 9.75. The highest BCUT2D eigenvalue weighted by Crippen LogP contribution is 2.24. The van der Waals surface area contributed by atoms with E-state index in [1.165, 1.54) is 36.5 Å². The van der Waals surface area contributed by atoms with Gasteiger partial charge in [0, 0.05) is 0 Å². The molecule has 0 aliphatic heterocycles. The molecule has 0 atom stereocenters. The van der Waals surface area contributed by atoms with Gasteiger partial charge in [-0.15, -0.1) is 0 Å². The first-order chi connectivity index (χ1) is 12.5. The Morgan fingerprint density at radius 2 is 0.923 bits per heavy atom. The van der Waals surface area contributed by atoms with E-state index in [0.29, 0.717) is 22.7 Å². The molecule has 0 heterocycles. The van der Waals surface area contributed by atoms with E-state index < -0.39 is 0 Å². The van der Waals surface area contributed by atoms with Crippen LogP contribution in [0.1, 0.15) is 11.1 Å². The van der Waals surface area contributed by atoms with Crippen LogP contribution in [0.3, 0.4) is 0 Å². The standard InChI is InChI=1S/2C9H6N2O2/c2*1-7-2-3-8(10-5-12)4-9(7)11-6-13/h2*2-4H,1H3. The second kappa shape index (κ2) is 10.7. The first-order valence-corrected chi connectivity index (χ1v) is 7.08. The predicted octanol–water partition coefficient (Wildman–Crippen LogP) is 3.86. The van der Waals surface area contributed by atoms with Gasteiger partial charge in [-0.05, 0) is 49.2 Å². The first kappa shape index (κ1) is 20.0. The number of isocyanates is 4.